The Bertz CT molecular complexity index is 1090. The number of amides is 1. The highest BCUT2D eigenvalue weighted by Crippen LogP contribution is 2.43. The van der Waals surface area contributed by atoms with E-state index in [-0.39, 0.29) is 12.4 Å². The largest absolute Gasteiger partial charge is 0.336 e. The van der Waals surface area contributed by atoms with Gasteiger partial charge in [-0.1, -0.05) is 30.3 Å². The van der Waals surface area contributed by atoms with Crippen molar-refractivity contribution in [1.29, 1.82) is 0 Å². The lowest BCUT2D eigenvalue weighted by atomic mass is 9.70. The Kier molecular flexibility index (Phi) is 5.91. The predicted molar refractivity (Wildman–Crippen MR) is 126 cm³/mol. The van der Waals surface area contributed by atoms with E-state index in [1.165, 1.54) is 12.0 Å². The van der Waals surface area contributed by atoms with Crippen molar-refractivity contribution in [3.05, 3.63) is 59.9 Å². The summed E-state index contributed by atoms with van der Waals surface area (Å²) in [7, 11) is 0. The minimum Gasteiger partial charge on any atom is -0.336 e. The Morgan fingerprint density at radius 3 is 2.78 bits per heavy atom. The van der Waals surface area contributed by atoms with Gasteiger partial charge in [-0.15, -0.1) is 12.4 Å². The molecule has 3 fully saturated rings. The van der Waals surface area contributed by atoms with Gasteiger partial charge in [0.05, 0.1) is 5.69 Å². The normalized spacial score (nSPS) is 27.8. The number of carbonyl (C=O) groups is 1. The van der Waals surface area contributed by atoms with Crippen LogP contribution >= 0.6 is 12.4 Å². The molecule has 7 heteroatoms. The average Bonchev–Trinajstić information content (AvgIpc) is 3.20. The van der Waals surface area contributed by atoms with Crippen LogP contribution < -0.4 is 0 Å². The molecule has 1 aromatic carbocycles. The van der Waals surface area contributed by atoms with Crippen LogP contribution in [0.15, 0.2) is 48.7 Å². The summed E-state index contributed by atoms with van der Waals surface area (Å²) in [5, 5.41) is 8.73. The molecule has 1 amide bonds. The molecule has 6 rings (SSSR count). The summed E-state index contributed by atoms with van der Waals surface area (Å²) in [6.45, 7) is 2.96. The number of benzene rings is 1. The molecule has 3 aliphatic rings. The molecule has 2 aromatic heterocycles. The second-order valence-corrected chi connectivity index (χ2v) is 9.54. The third-order valence-electron chi connectivity index (χ3n) is 7.65. The molecule has 0 saturated carbocycles. The smallest absolute Gasteiger partial charge is 0.223 e. The maximum atomic E-state index is 13.0. The lowest BCUT2D eigenvalue weighted by Crippen LogP contribution is -2.65. The fourth-order valence-electron chi connectivity index (χ4n) is 6.37. The zero-order chi connectivity index (χ0) is 20.8. The molecule has 3 aliphatic heterocycles. The number of aromatic nitrogens is 3. The quantitative estimate of drug-likeness (QED) is 0.654. The van der Waals surface area contributed by atoms with Crippen LogP contribution in [0.1, 0.15) is 36.9 Å². The van der Waals surface area contributed by atoms with Crippen LogP contribution in [0, 0.1) is 11.8 Å². The summed E-state index contributed by atoms with van der Waals surface area (Å²) in [5.74, 6) is 1.47. The first-order valence-corrected chi connectivity index (χ1v) is 11.6. The Labute approximate surface area is 194 Å². The number of nitrogens with one attached hydrogen (secondary N) is 1. The fourth-order valence-corrected chi connectivity index (χ4v) is 6.37. The summed E-state index contributed by atoms with van der Waals surface area (Å²) >= 11 is 0. The topological polar surface area (TPSA) is 65.1 Å². The molecule has 6 nitrogen and oxygen atoms in total. The molecule has 4 atom stereocenters. The average molecular weight is 452 g/mol. The van der Waals surface area contributed by atoms with Crippen LogP contribution in [0.5, 0.6) is 0 Å². The number of hydrogen-bond donors (Lipinski definition) is 1. The van der Waals surface area contributed by atoms with E-state index >= 15 is 0 Å². The Morgan fingerprint density at radius 2 is 1.91 bits per heavy atom. The van der Waals surface area contributed by atoms with Crippen LogP contribution in [0.3, 0.4) is 0 Å². The van der Waals surface area contributed by atoms with Gasteiger partial charge in [0.2, 0.25) is 5.91 Å². The van der Waals surface area contributed by atoms with Crippen LogP contribution in [0.25, 0.3) is 11.0 Å². The SMILES string of the molecule is Cl.O=C1CCC[C@H]2[C@@H]3C[C@@H](CN(Cc4[nH]nc5ncccc45)C3)[C@H](Cc3ccccc3)N12. The van der Waals surface area contributed by atoms with E-state index in [0.29, 0.717) is 29.8 Å². The molecule has 0 unspecified atom stereocenters. The molecule has 1 N–H and O–H groups in total. The van der Waals surface area contributed by atoms with Crippen LogP contribution in [-0.2, 0) is 17.8 Å². The maximum Gasteiger partial charge on any atom is 0.223 e. The molecule has 3 saturated heterocycles. The number of hydrogen-bond acceptors (Lipinski definition) is 4. The molecular formula is C25H30ClN5O. The van der Waals surface area contributed by atoms with Crippen molar-refractivity contribution in [1.82, 2.24) is 25.0 Å². The molecule has 0 radical (unpaired) electrons. The van der Waals surface area contributed by atoms with Gasteiger partial charge in [0.1, 0.15) is 0 Å². The van der Waals surface area contributed by atoms with E-state index in [0.717, 1.165) is 62.0 Å². The van der Waals surface area contributed by atoms with Gasteiger partial charge in [-0.3, -0.25) is 14.8 Å². The molecule has 0 spiro atoms. The van der Waals surface area contributed by atoms with E-state index in [1.807, 2.05) is 6.07 Å². The van der Waals surface area contributed by atoms with Crippen molar-refractivity contribution in [3.63, 3.8) is 0 Å². The highest BCUT2D eigenvalue weighted by Gasteiger charge is 2.49. The molecule has 32 heavy (non-hydrogen) atoms. The molecule has 0 aliphatic carbocycles. The second-order valence-electron chi connectivity index (χ2n) is 9.54. The number of nitrogens with zero attached hydrogens (tertiary/aromatic N) is 4. The van der Waals surface area contributed by atoms with Crippen molar-refractivity contribution in [2.75, 3.05) is 13.1 Å². The number of H-pyrrole nitrogens is 1. The lowest BCUT2D eigenvalue weighted by molar-refractivity contribution is -0.152. The van der Waals surface area contributed by atoms with Crippen LogP contribution in [0.2, 0.25) is 0 Å². The number of fused-ring (bicyclic) bond motifs is 5. The van der Waals surface area contributed by atoms with E-state index in [9.17, 15) is 4.79 Å². The number of piperidine rings is 3. The Balaban J connectivity index is 0.00000216. The molecular weight excluding hydrogens is 422 g/mol. The molecule has 168 valence electrons. The van der Waals surface area contributed by atoms with Gasteiger partial charge in [0.25, 0.3) is 0 Å². The van der Waals surface area contributed by atoms with E-state index < -0.39 is 0 Å². The zero-order valence-electron chi connectivity index (χ0n) is 18.2. The summed E-state index contributed by atoms with van der Waals surface area (Å²) < 4.78 is 0. The van der Waals surface area contributed by atoms with Crippen molar-refractivity contribution < 1.29 is 4.79 Å². The first-order chi connectivity index (χ1) is 15.3. The summed E-state index contributed by atoms with van der Waals surface area (Å²) in [6, 6.07) is 15.5. The van der Waals surface area contributed by atoms with E-state index in [4.69, 9.17) is 0 Å². The molecule has 3 aromatic rings. The van der Waals surface area contributed by atoms with Crippen molar-refractivity contribution in [2.45, 2.75) is 50.7 Å². The first kappa shape index (κ1) is 21.4. The molecule has 5 heterocycles. The second kappa shape index (κ2) is 8.83. The monoisotopic (exact) mass is 451 g/mol. The van der Waals surface area contributed by atoms with E-state index in [1.54, 1.807) is 6.20 Å². The van der Waals surface area contributed by atoms with Crippen molar-refractivity contribution >= 4 is 29.3 Å². The number of halogens is 1. The van der Waals surface area contributed by atoms with Gasteiger partial charge in [-0.2, -0.15) is 5.10 Å². The number of rotatable bonds is 4. The number of likely N-dealkylation sites (tertiary alicyclic amines) is 1. The van der Waals surface area contributed by atoms with Crippen LogP contribution in [-0.4, -0.2) is 56.1 Å². The maximum absolute atomic E-state index is 13.0. The van der Waals surface area contributed by atoms with Gasteiger partial charge in [-0.05, 0) is 55.2 Å². The molecule has 2 bridgehead atoms. The van der Waals surface area contributed by atoms with Gasteiger partial charge >= 0.3 is 0 Å². The summed E-state index contributed by atoms with van der Waals surface area (Å²) in [4.78, 5) is 22.3. The van der Waals surface area contributed by atoms with Crippen LogP contribution in [0.4, 0.5) is 0 Å². The Hall–Kier alpha value is -2.44. The predicted octanol–water partition coefficient (Wildman–Crippen LogP) is 3.82. The summed E-state index contributed by atoms with van der Waals surface area (Å²) in [5.41, 5.74) is 3.28. The minimum atomic E-state index is 0. The third-order valence-corrected chi connectivity index (χ3v) is 7.65. The van der Waals surface area contributed by atoms with Gasteiger partial charge in [0, 0.05) is 49.7 Å². The van der Waals surface area contributed by atoms with Crippen molar-refractivity contribution in [3.8, 4) is 0 Å². The Morgan fingerprint density at radius 1 is 1.06 bits per heavy atom. The standard InChI is InChI=1S/C25H29N5O.ClH/c31-24-10-4-9-22-18-13-19(23(30(22)24)12-17-6-2-1-3-7-17)15-29(14-18)16-21-20-8-5-11-26-25(20)28-27-21;/h1-3,5-8,11,18-19,22-23H,4,9-10,12-16H2,(H,26,27,28);1H/t18-,19+,22+,23+;/m1./s1. The number of carbonyl (C=O) groups excluding carboxylic acids is 1. The van der Waals surface area contributed by atoms with Gasteiger partial charge in [-0.25, -0.2) is 4.98 Å². The minimum absolute atomic E-state index is 0. The highest BCUT2D eigenvalue weighted by atomic mass is 35.5. The lowest BCUT2D eigenvalue weighted by Gasteiger charge is -2.56. The zero-order valence-corrected chi connectivity index (χ0v) is 19.0. The third kappa shape index (κ3) is 3.80. The number of pyridine rings is 1. The van der Waals surface area contributed by atoms with Gasteiger partial charge in [0.15, 0.2) is 5.65 Å². The highest BCUT2D eigenvalue weighted by molar-refractivity contribution is 5.85. The fraction of sp³-hybridized carbons (Fsp3) is 0.480. The first-order valence-electron chi connectivity index (χ1n) is 11.6. The number of aromatic amines is 1. The van der Waals surface area contributed by atoms with E-state index in [2.05, 4.69) is 61.4 Å². The van der Waals surface area contributed by atoms with Crippen molar-refractivity contribution in [2.24, 2.45) is 11.8 Å². The van der Waals surface area contributed by atoms with Gasteiger partial charge < -0.3 is 4.90 Å². The summed E-state index contributed by atoms with van der Waals surface area (Å²) in [6.07, 6.45) is 6.91.